The summed E-state index contributed by atoms with van der Waals surface area (Å²) >= 11 is 5.93. The molecule has 0 aliphatic carbocycles. The number of hydrogen-bond acceptors (Lipinski definition) is 2. The zero-order chi connectivity index (χ0) is 15.0. The smallest absolute Gasteiger partial charge is 0.315 e. The Kier molecular flexibility index (Phi) is 6.87. The number of amides is 2. The number of carboxylic acids is 1. The summed E-state index contributed by atoms with van der Waals surface area (Å²) in [5.74, 6) is -0.863. The molecular formula is C14H19ClN2O3. The predicted molar refractivity (Wildman–Crippen MR) is 77.9 cm³/mol. The van der Waals surface area contributed by atoms with Gasteiger partial charge in [-0.15, -0.1) is 0 Å². The number of urea groups is 1. The summed E-state index contributed by atoms with van der Waals surface area (Å²) in [7, 11) is 0. The molecule has 6 heteroatoms. The molecule has 1 unspecified atom stereocenters. The molecule has 1 atom stereocenters. The van der Waals surface area contributed by atoms with Crippen LogP contribution < -0.4 is 10.6 Å². The Morgan fingerprint density at radius 3 is 2.75 bits per heavy atom. The van der Waals surface area contributed by atoms with Gasteiger partial charge in [0.05, 0.1) is 6.04 Å². The average molecular weight is 299 g/mol. The fraction of sp³-hybridized carbons (Fsp3) is 0.429. The number of halogens is 1. The number of carboxylic acid groups (broad SMARTS) is 1. The van der Waals surface area contributed by atoms with Gasteiger partial charge in [0, 0.05) is 18.0 Å². The van der Waals surface area contributed by atoms with Gasteiger partial charge in [0.15, 0.2) is 0 Å². The number of aliphatic carboxylic acids is 1. The summed E-state index contributed by atoms with van der Waals surface area (Å²) in [5, 5.41) is 14.6. The molecule has 0 radical (unpaired) electrons. The second kappa shape index (κ2) is 8.43. The highest BCUT2D eigenvalue weighted by Gasteiger charge is 2.12. The van der Waals surface area contributed by atoms with Gasteiger partial charge in [-0.25, -0.2) is 4.79 Å². The highest BCUT2D eigenvalue weighted by molar-refractivity contribution is 6.30. The fourth-order valence-corrected chi connectivity index (χ4v) is 1.99. The third kappa shape index (κ3) is 5.93. The first kappa shape index (κ1) is 16.3. The van der Waals surface area contributed by atoms with Crippen molar-refractivity contribution in [2.75, 3.05) is 6.54 Å². The summed E-state index contributed by atoms with van der Waals surface area (Å²) in [6.45, 7) is 2.31. The molecule has 1 aromatic carbocycles. The van der Waals surface area contributed by atoms with E-state index in [1.54, 1.807) is 6.07 Å². The predicted octanol–water partition coefficient (Wildman–Crippen LogP) is 2.96. The standard InChI is InChI=1S/C14H19ClN2O3/c1-2-12(10-5-3-6-11(15)9-10)17-14(20)16-8-4-7-13(18)19/h3,5-6,9,12H,2,4,7-8H2,1H3,(H,18,19)(H2,16,17,20). The maximum absolute atomic E-state index is 11.7. The molecular weight excluding hydrogens is 280 g/mol. The van der Waals surface area contributed by atoms with Crippen LogP contribution in [-0.4, -0.2) is 23.7 Å². The molecule has 0 spiro atoms. The molecule has 1 aromatic rings. The van der Waals surface area contributed by atoms with E-state index in [1.807, 2.05) is 25.1 Å². The van der Waals surface area contributed by atoms with E-state index in [2.05, 4.69) is 10.6 Å². The van der Waals surface area contributed by atoms with Crippen LogP contribution in [0.3, 0.4) is 0 Å². The van der Waals surface area contributed by atoms with Crippen molar-refractivity contribution in [2.45, 2.75) is 32.2 Å². The van der Waals surface area contributed by atoms with Gasteiger partial charge in [0.25, 0.3) is 0 Å². The van der Waals surface area contributed by atoms with Crippen LogP contribution in [0.2, 0.25) is 5.02 Å². The molecule has 0 heterocycles. The van der Waals surface area contributed by atoms with E-state index in [-0.39, 0.29) is 18.5 Å². The van der Waals surface area contributed by atoms with Crippen molar-refractivity contribution in [3.8, 4) is 0 Å². The van der Waals surface area contributed by atoms with E-state index < -0.39 is 5.97 Å². The lowest BCUT2D eigenvalue weighted by Crippen LogP contribution is -2.38. The van der Waals surface area contributed by atoms with Crippen LogP contribution in [0, 0.1) is 0 Å². The second-order valence-corrected chi connectivity index (χ2v) is 4.85. The minimum atomic E-state index is -0.863. The third-order valence-electron chi connectivity index (χ3n) is 2.82. The number of nitrogens with one attached hydrogen (secondary N) is 2. The minimum Gasteiger partial charge on any atom is -0.481 e. The molecule has 0 bridgehead atoms. The monoisotopic (exact) mass is 298 g/mol. The molecule has 5 nitrogen and oxygen atoms in total. The zero-order valence-corrected chi connectivity index (χ0v) is 12.1. The molecule has 2 amide bonds. The summed E-state index contributed by atoms with van der Waals surface area (Å²) in [6, 6.07) is 6.93. The number of carbonyl (C=O) groups excluding carboxylic acids is 1. The van der Waals surface area contributed by atoms with Crippen molar-refractivity contribution in [1.29, 1.82) is 0 Å². The van der Waals surface area contributed by atoms with Crippen molar-refractivity contribution in [3.63, 3.8) is 0 Å². The van der Waals surface area contributed by atoms with E-state index in [1.165, 1.54) is 0 Å². The van der Waals surface area contributed by atoms with Gasteiger partial charge in [-0.05, 0) is 30.5 Å². The SMILES string of the molecule is CCC(NC(=O)NCCCC(=O)O)c1cccc(Cl)c1. The van der Waals surface area contributed by atoms with Crippen LogP contribution >= 0.6 is 11.6 Å². The van der Waals surface area contributed by atoms with E-state index >= 15 is 0 Å². The molecule has 20 heavy (non-hydrogen) atoms. The number of hydrogen-bond donors (Lipinski definition) is 3. The quantitative estimate of drug-likeness (QED) is 0.677. The first-order valence-electron chi connectivity index (χ1n) is 6.54. The van der Waals surface area contributed by atoms with Gasteiger partial charge in [-0.3, -0.25) is 4.79 Å². The number of rotatable bonds is 7. The summed E-state index contributed by atoms with van der Waals surface area (Å²) in [6.07, 6.45) is 1.20. The average Bonchev–Trinajstić information content (AvgIpc) is 2.40. The lowest BCUT2D eigenvalue weighted by atomic mass is 10.1. The number of benzene rings is 1. The van der Waals surface area contributed by atoms with Crippen LogP contribution in [0.4, 0.5) is 4.79 Å². The maximum Gasteiger partial charge on any atom is 0.315 e. The summed E-state index contributed by atoms with van der Waals surface area (Å²) in [4.78, 5) is 22.1. The van der Waals surface area contributed by atoms with Gasteiger partial charge >= 0.3 is 12.0 Å². The molecule has 0 fully saturated rings. The molecule has 1 rings (SSSR count). The fourth-order valence-electron chi connectivity index (χ4n) is 1.80. The van der Waals surface area contributed by atoms with Crippen LogP contribution in [0.15, 0.2) is 24.3 Å². The van der Waals surface area contributed by atoms with E-state index in [0.717, 1.165) is 12.0 Å². The summed E-state index contributed by atoms with van der Waals surface area (Å²) < 4.78 is 0. The van der Waals surface area contributed by atoms with Crippen molar-refractivity contribution in [2.24, 2.45) is 0 Å². The van der Waals surface area contributed by atoms with E-state index in [9.17, 15) is 9.59 Å². The Balaban J connectivity index is 2.44. The van der Waals surface area contributed by atoms with E-state index in [0.29, 0.717) is 18.0 Å². The van der Waals surface area contributed by atoms with Crippen molar-refractivity contribution < 1.29 is 14.7 Å². The van der Waals surface area contributed by atoms with Crippen LogP contribution in [-0.2, 0) is 4.79 Å². The molecule has 0 saturated carbocycles. The third-order valence-corrected chi connectivity index (χ3v) is 3.05. The first-order valence-corrected chi connectivity index (χ1v) is 6.92. The Morgan fingerprint density at radius 2 is 2.15 bits per heavy atom. The first-order chi connectivity index (χ1) is 9.52. The maximum atomic E-state index is 11.7. The van der Waals surface area contributed by atoms with Crippen LogP contribution in [0.25, 0.3) is 0 Å². The highest BCUT2D eigenvalue weighted by Crippen LogP contribution is 2.20. The van der Waals surface area contributed by atoms with Crippen molar-refractivity contribution >= 4 is 23.6 Å². The van der Waals surface area contributed by atoms with E-state index in [4.69, 9.17) is 16.7 Å². The van der Waals surface area contributed by atoms with Gasteiger partial charge in [-0.2, -0.15) is 0 Å². The van der Waals surface area contributed by atoms with Crippen LogP contribution in [0.5, 0.6) is 0 Å². The van der Waals surface area contributed by atoms with Gasteiger partial charge in [-0.1, -0.05) is 30.7 Å². The molecule has 0 aromatic heterocycles. The van der Waals surface area contributed by atoms with Crippen molar-refractivity contribution in [1.82, 2.24) is 10.6 Å². The normalized spacial score (nSPS) is 11.7. The second-order valence-electron chi connectivity index (χ2n) is 4.41. The Labute approximate surface area is 123 Å². The summed E-state index contributed by atoms with van der Waals surface area (Å²) in [5.41, 5.74) is 0.945. The largest absolute Gasteiger partial charge is 0.481 e. The molecule has 0 aliphatic rings. The van der Waals surface area contributed by atoms with Crippen molar-refractivity contribution in [3.05, 3.63) is 34.9 Å². The van der Waals surface area contributed by atoms with Gasteiger partial charge < -0.3 is 15.7 Å². The molecule has 110 valence electrons. The van der Waals surface area contributed by atoms with Crippen LogP contribution in [0.1, 0.15) is 37.8 Å². The minimum absolute atomic E-state index is 0.0474. The lowest BCUT2D eigenvalue weighted by Gasteiger charge is -2.18. The molecule has 3 N–H and O–H groups in total. The molecule has 0 saturated heterocycles. The Hall–Kier alpha value is -1.75. The lowest BCUT2D eigenvalue weighted by molar-refractivity contribution is -0.137. The van der Waals surface area contributed by atoms with Gasteiger partial charge in [0.2, 0.25) is 0 Å². The zero-order valence-electron chi connectivity index (χ0n) is 11.4. The molecule has 0 aliphatic heterocycles. The van der Waals surface area contributed by atoms with Gasteiger partial charge in [0.1, 0.15) is 0 Å². The Morgan fingerprint density at radius 1 is 1.40 bits per heavy atom. The Bertz CT molecular complexity index is 465. The topological polar surface area (TPSA) is 78.4 Å². The number of carbonyl (C=O) groups is 2. The highest BCUT2D eigenvalue weighted by atomic mass is 35.5.